The largest absolute Gasteiger partial charge is 0.393 e. The van der Waals surface area contributed by atoms with Crippen LogP contribution in [0.1, 0.15) is 200 Å². The topological polar surface area (TPSA) is 29.5 Å². The molecule has 0 aromatic carbocycles. The van der Waals surface area contributed by atoms with Gasteiger partial charge in [0.2, 0.25) is 0 Å². The van der Waals surface area contributed by atoms with Crippen molar-refractivity contribution in [3.05, 3.63) is 12.2 Å². The van der Waals surface area contributed by atoms with Gasteiger partial charge in [-0.2, -0.15) is 0 Å². The second-order valence-electron chi connectivity index (χ2n) is 12.0. The zero-order valence-electron chi connectivity index (χ0n) is 26.5. The van der Waals surface area contributed by atoms with Crippen molar-refractivity contribution in [2.45, 2.75) is 206 Å². The van der Waals surface area contributed by atoms with Crippen LogP contribution in [0.3, 0.4) is 0 Å². The van der Waals surface area contributed by atoms with Crippen molar-refractivity contribution >= 4 is 0 Å². The molecule has 0 saturated carbocycles. The fourth-order valence-corrected chi connectivity index (χ4v) is 5.44. The summed E-state index contributed by atoms with van der Waals surface area (Å²) in [6.45, 7) is 6.18. The molecule has 1 atom stereocenters. The van der Waals surface area contributed by atoms with E-state index in [1.54, 1.807) is 0 Å². The summed E-state index contributed by atoms with van der Waals surface area (Å²) in [6, 6.07) is 0. The number of allylic oxidation sites excluding steroid dienone is 2. The van der Waals surface area contributed by atoms with Crippen LogP contribution < -0.4 is 0 Å². The highest BCUT2D eigenvalue weighted by Crippen LogP contribution is 2.16. The third kappa shape index (κ3) is 33.7. The molecular formula is C36H72O2. The van der Waals surface area contributed by atoms with E-state index in [1.807, 2.05) is 0 Å². The first-order chi connectivity index (χ1) is 18.8. The van der Waals surface area contributed by atoms with Gasteiger partial charge >= 0.3 is 0 Å². The van der Waals surface area contributed by atoms with E-state index >= 15 is 0 Å². The van der Waals surface area contributed by atoms with Crippen molar-refractivity contribution in [2.75, 3.05) is 13.2 Å². The molecule has 0 saturated heterocycles. The summed E-state index contributed by atoms with van der Waals surface area (Å²) in [5, 5.41) is 10.3. The van der Waals surface area contributed by atoms with Gasteiger partial charge in [0.1, 0.15) is 0 Å². The predicted octanol–water partition coefficient (Wildman–Crippen LogP) is 12.3. The van der Waals surface area contributed by atoms with E-state index in [1.165, 1.54) is 173 Å². The van der Waals surface area contributed by atoms with E-state index in [9.17, 15) is 5.11 Å². The SMILES string of the molecule is CCCCCCCC/C=C\CCCCCCCC(O)CCCCCCCCCCCCCCCCOCC. The molecule has 0 aliphatic heterocycles. The average Bonchev–Trinajstić information content (AvgIpc) is 2.92. The highest BCUT2D eigenvalue weighted by Gasteiger charge is 2.03. The van der Waals surface area contributed by atoms with Crippen molar-refractivity contribution in [3.8, 4) is 0 Å². The Morgan fingerprint density at radius 1 is 0.447 bits per heavy atom. The predicted molar refractivity (Wildman–Crippen MR) is 171 cm³/mol. The lowest BCUT2D eigenvalue weighted by atomic mass is 10.0. The molecule has 2 heteroatoms. The van der Waals surface area contributed by atoms with Gasteiger partial charge in [-0.05, 0) is 51.9 Å². The Labute approximate surface area is 241 Å². The first-order valence-electron chi connectivity index (χ1n) is 17.7. The number of aliphatic hydroxyl groups is 1. The van der Waals surface area contributed by atoms with Crippen LogP contribution in [0.4, 0.5) is 0 Å². The number of rotatable bonds is 33. The Kier molecular flexibility index (Phi) is 34.4. The van der Waals surface area contributed by atoms with Crippen LogP contribution in [-0.4, -0.2) is 24.4 Å². The summed E-state index contributed by atoms with van der Waals surface area (Å²) in [4.78, 5) is 0. The van der Waals surface area contributed by atoms with Crippen LogP contribution >= 0.6 is 0 Å². The summed E-state index contributed by atoms with van der Waals surface area (Å²) in [5.74, 6) is 0. The second-order valence-corrected chi connectivity index (χ2v) is 12.0. The van der Waals surface area contributed by atoms with Crippen LogP contribution in [0.5, 0.6) is 0 Å². The Balaban J connectivity index is 3.18. The molecule has 228 valence electrons. The molecule has 0 aliphatic carbocycles. The van der Waals surface area contributed by atoms with Crippen molar-refractivity contribution < 1.29 is 9.84 Å². The fourth-order valence-electron chi connectivity index (χ4n) is 5.44. The molecule has 2 nitrogen and oxygen atoms in total. The Hall–Kier alpha value is -0.340. The number of aliphatic hydroxyl groups excluding tert-OH is 1. The van der Waals surface area contributed by atoms with Gasteiger partial charge in [-0.15, -0.1) is 0 Å². The lowest BCUT2D eigenvalue weighted by molar-refractivity contribution is 0.143. The quantitative estimate of drug-likeness (QED) is 0.0667. The van der Waals surface area contributed by atoms with E-state index in [0.717, 1.165) is 26.1 Å². The summed E-state index contributed by atoms with van der Waals surface area (Å²) < 4.78 is 5.39. The molecule has 0 fully saturated rings. The maximum atomic E-state index is 10.3. The zero-order valence-corrected chi connectivity index (χ0v) is 26.5. The third-order valence-corrected chi connectivity index (χ3v) is 8.08. The minimum absolute atomic E-state index is 0.0513. The van der Waals surface area contributed by atoms with E-state index in [2.05, 4.69) is 26.0 Å². The fraction of sp³-hybridized carbons (Fsp3) is 0.944. The molecule has 0 heterocycles. The minimum atomic E-state index is -0.0513. The summed E-state index contributed by atoms with van der Waals surface area (Å²) in [5.41, 5.74) is 0. The monoisotopic (exact) mass is 537 g/mol. The molecule has 38 heavy (non-hydrogen) atoms. The molecule has 0 bridgehead atoms. The van der Waals surface area contributed by atoms with E-state index in [4.69, 9.17) is 4.74 Å². The molecule has 1 N–H and O–H groups in total. The number of unbranched alkanes of at least 4 members (excludes halogenated alkanes) is 24. The van der Waals surface area contributed by atoms with E-state index in [0.29, 0.717) is 0 Å². The standard InChI is InChI=1S/C36H72O2/c1-3-5-6-7-8-9-10-11-12-15-18-21-24-27-30-33-36(37)34-31-28-25-22-19-16-13-14-17-20-23-26-29-32-35-38-4-2/h11-12,36-37H,3-10,13-35H2,1-2H3/b12-11-. The number of hydrogen-bond acceptors (Lipinski definition) is 2. The van der Waals surface area contributed by atoms with Crippen LogP contribution in [-0.2, 0) is 4.74 Å². The molecule has 0 aromatic rings. The van der Waals surface area contributed by atoms with Crippen LogP contribution in [0, 0.1) is 0 Å². The van der Waals surface area contributed by atoms with Gasteiger partial charge in [-0.1, -0.05) is 160 Å². The molecule has 0 aromatic heterocycles. The van der Waals surface area contributed by atoms with Gasteiger partial charge in [0.05, 0.1) is 6.10 Å². The lowest BCUT2D eigenvalue weighted by Crippen LogP contribution is -2.05. The van der Waals surface area contributed by atoms with Crippen LogP contribution in [0.25, 0.3) is 0 Å². The average molecular weight is 537 g/mol. The molecule has 0 rings (SSSR count). The molecule has 0 radical (unpaired) electrons. The van der Waals surface area contributed by atoms with Crippen molar-refractivity contribution in [2.24, 2.45) is 0 Å². The normalized spacial score (nSPS) is 12.6. The van der Waals surface area contributed by atoms with Gasteiger partial charge < -0.3 is 9.84 Å². The summed E-state index contributed by atoms with van der Waals surface area (Å²) in [7, 11) is 0. The molecule has 0 amide bonds. The molecule has 0 aliphatic rings. The highest BCUT2D eigenvalue weighted by atomic mass is 16.5. The first kappa shape index (κ1) is 37.7. The Morgan fingerprint density at radius 3 is 1.18 bits per heavy atom. The lowest BCUT2D eigenvalue weighted by Gasteiger charge is -2.10. The van der Waals surface area contributed by atoms with Crippen LogP contribution in [0.2, 0.25) is 0 Å². The van der Waals surface area contributed by atoms with E-state index in [-0.39, 0.29) is 6.10 Å². The van der Waals surface area contributed by atoms with Gasteiger partial charge in [-0.25, -0.2) is 0 Å². The Morgan fingerprint density at radius 2 is 0.789 bits per heavy atom. The highest BCUT2D eigenvalue weighted by molar-refractivity contribution is 4.81. The second kappa shape index (κ2) is 34.7. The number of hydrogen-bond donors (Lipinski definition) is 1. The molecular weight excluding hydrogens is 464 g/mol. The summed E-state index contributed by atoms with van der Waals surface area (Å²) in [6.07, 6.45) is 43.5. The maximum absolute atomic E-state index is 10.3. The van der Waals surface area contributed by atoms with Gasteiger partial charge in [0.25, 0.3) is 0 Å². The maximum Gasteiger partial charge on any atom is 0.0540 e. The minimum Gasteiger partial charge on any atom is -0.393 e. The van der Waals surface area contributed by atoms with Crippen molar-refractivity contribution in [1.82, 2.24) is 0 Å². The van der Waals surface area contributed by atoms with Crippen LogP contribution in [0.15, 0.2) is 12.2 Å². The van der Waals surface area contributed by atoms with Gasteiger partial charge in [0, 0.05) is 13.2 Å². The zero-order chi connectivity index (χ0) is 27.6. The molecule has 1 unspecified atom stereocenters. The van der Waals surface area contributed by atoms with E-state index < -0.39 is 0 Å². The molecule has 0 spiro atoms. The van der Waals surface area contributed by atoms with Gasteiger partial charge in [-0.3, -0.25) is 0 Å². The Bertz CT molecular complexity index is 433. The van der Waals surface area contributed by atoms with Gasteiger partial charge in [0.15, 0.2) is 0 Å². The first-order valence-corrected chi connectivity index (χ1v) is 17.7. The van der Waals surface area contributed by atoms with Crippen molar-refractivity contribution in [3.63, 3.8) is 0 Å². The van der Waals surface area contributed by atoms with Crippen molar-refractivity contribution in [1.29, 1.82) is 0 Å². The number of ether oxygens (including phenoxy) is 1. The summed E-state index contributed by atoms with van der Waals surface area (Å²) >= 11 is 0. The third-order valence-electron chi connectivity index (χ3n) is 8.08. The smallest absolute Gasteiger partial charge is 0.0540 e.